The van der Waals surface area contributed by atoms with Crippen LogP contribution in [0.4, 0.5) is 18.9 Å². The molecular formula is C17H15F3N2O. The van der Waals surface area contributed by atoms with Crippen LogP contribution in [0.3, 0.4) is 0 Å². The molecule has 0 atom stereocenters. The standard InChI is InChI=1S/C17H15F3N2O/c18-14-10-13(11-15(19)16(14)20)21-6-8-22(9-7-21)17(23)12-4-2-1-3-5-12/h1-5,10-11H,6-9H2. The number of nitrogens with zero attached hydrogens (tertiary/aromatic N) is 2. The predicted molar refractivity (Wildman–Crippen MR) is 80.9 cm³/mol. The molecule has 0 saturated carbocycles. The summed E-state index contributed by atoms with van der Waals surface area (Å²) in [5.74, 6) is -3.95. The Hall–Kier alpha value is -2.50. The highest BCUT2D eigenvalue weighted by atomic mass is 19.2. The molecule has 1 amide bonds. The molecule has 1 fully saturated rings. The fourth-order valence-corrected chi connectivity index (χ4v) is 2.66. The number of piperazine rings is 1. The highest BCUT2D eigenvalue weighted by molar-refractivity contribution is 5.94. The highest BCUT2D eigenvalue weighted by Crippen LogP contribution is 2.22. The van der Waals surface area contributed by atoms with E-state index in [9.17, 15) is 18.0 Å². The second-order valence-corrected chi connectivity index (χ2v) is 5.37. The lowest BCUT2D eigenvalue weighted by molar-refractivity contribution is 0.0746. The molecular weight excluding hydrogens is 305 g/mol. The molecule has 1 aliphatic rings. The molecule has 0 aliphatic carbocycles. The van der Waals surface area contributed by atoms with Gasteiger partial charge in [0.05, 0.1) is 0 Å². The Kier molecular flexibility index (Phi) is 4.23. The van der Waals surface area contributed by atoms with E-state index in [1.165, 1.54) is 0 Å². The smallest absolute Gasteiger partial charge is 0.253 e. The second-order valence-electron chi connectivity index (χ2n) is 5.37. The van der Waals surface area contributed by atoms with Gasteiger partial charge in [0.1, 0.15) is 0 Å². The minimum Gasteiger partial charge on any atom is -0.368 e. The van der Waals surface area contributed by atoms with Crippen LogP contribution >= 0.6 is 0 Å². The van der Waals surface area contributed by atoms with Crippen molar-refractivity contribution in [2.75, 3.05) is 31.1 Å². The summed E-state index contributed by atoms with van der Waals surface area (Å²) in [7, 11) is 0. The molecule has 0 aromatic heterocycles. The summed E-state index contributed by atoms with van der Waals surface area (Å²) in [5, 5.41) is 0. The van der Waals surface area contributed by atoms with Gasteiger partial charge in [0.25, 0.3) is 5.91 Å². The van der Waals surface area contributed by atoms with Crippen LogP contribution in [-0.2, 0) is 0 Å². The zero-order valence-corrected chi connectivity index (χ0v) is 12.3. The van der Waals surface area contributed by atoms with Gasteiger partial charge in [0.15, 0.2) is 17.5 Å². The molecule has 3 rings (SSSR count). The van der Waals surface area contributed by atoms with Gasteiger partial charge in [-0.3, -0.25) is 4.79 Å². The summed E-state index contributed by atoms with van der Waals surface area (Å²) < 4.78 is 39.6. The highest BCUT2D eigenvalue weighted by Gasteiger charge is 2.23. The van der Waals surface area contributed by atoms with Crippen molar-refractivity contribution in [2.45, 2.75) is 0 Å². The van der Waals surface area contributed by atoms with Gasteiger partial charge < -0.3 is 9.80 Å². The first-order chi connectivity index (χ1) is 11.1. The summed E-state index contributed by atoms with van der Waals surface area (Å²) in [6, 6.07) is 10.9. The van der Waals surface area contributed by atoms with Crippen LogP contribution < -0.4 is 4.90 Å². The zero-order valence-electron chi connectivity index (χ0n) is 12.3. The summed E-state index contributed by atoms with van der Waals surface area (Å²) in [6.45, 7) is 1.74. The van der Waals surface area contributed by atoms with E-state index in [4.69, 9.17) is 0 Å². The van der Waals surface area contributed by atoms with E-state index in [0.29, 0.717) is 31.7 Å². The average Bonchev–Trinajstić information content (AvgIpc) is 2.59. The van der Waals surface area contributed by atoms with E-state index in [2.05, 4.69) is 0 Å². The lowest BCUT2D eigenvalue weighted by atomic mass is 10.1. The number of anilines is 1. The van der Waals surface area contributed by atoms with Crippen molar-refractivity contribution in [1.82, 2.24) is 4.90 Å². The molecule has 2 aromatic rings. The number of halogens is 3. The van der Waals surface area contributed by atoms with Gasteiger partial charge in [-0.1, -0.05) is 18.2 Å². The van der Waals surface area contributed by atoms with Gasteiger partial charge in [-0.15, -0.1) is 0 Å². The summed E-state index contributed by atoms with van der Waals surface area (Å²) in [6.07, 6.45) is 0. The molecule has 6 heteroatoms. The van der Waals surface area contributed by atoms with E-state index in [1.807, 2.05) is 6.07 Å². The monoisotopic (exact) mass is 320 g/mol. The van der Waals surface area contributed by atoms with E-state index < -0.39 is 17.5 Å². The number of benzene rings is 2. The van der Waals surface area contributed by atoms with Crippen LogP contribution in [0.1, 0.15) is 10.4 Å². The molecule has 3 nitrogen and oxygen atoms in total. The number of amides is 1. The molecule has 1 heterocycles. The maximum absolute atomic E-state index is 13.3. The summed E-state index contributed by atoms with van der Waals surface area (Å²) >= 11 is 0. The maximum atomic E-state index is 13.3. The van der Waals surface area contributed by atoms with Crippen molar-refractivity contribution in [3.05, 3.63) is 65.5 Å². The second kappa shape index (κ2) is 6.32. The molecule has 120 valence electrons. The minimum absolute atomic E-state index is 0.0679. The lowest BCUT2D eigenvalue weighted by Gasteiger charge is -2.36. The average molecular weight is 320 g/mol. The Balaban J connectivity index is 1.68. The third kappa shape index (κ3) is 3.16. The minimum atomic E-state index is -1.47. The molecule has 1 saturated heterocycles. The topological polar surface area (TPSA) is 23.6 Å². The first-order valence-corrected chi connectivity index (χ1v) is 7.30. The third-order valence-electron chi connectivity index (χ3n) is 3.92. The Morgan fingerprint density at radius 1 is 0.870 bits per heavy atom. The van der Waals surface area contributed by atoms with Crippen molar-refractivity contribution < 1.29 is 18.0 Å². The van der Waals surface area contributed by atoms with Gasteiger partial charge in [-0.05, 0) is 12.1 Å². The number of carbonyl (C=O) groups is 1. The fraction of sp³-hybridized carbons (Fsp3) is 0.235. The van der Waals surface area contributed by atoms with Crippen molar-refractivity contribution >= 4 is 11.6 Å². The number of hydrogen-bond acceptors (Lipinski definition) is 2. The third-order valence-corrected chi connectivity index (χ3v) is 3.92. The van der Waals surface area contributed by atoms with E-state index in [-0.39, 0.29) is 11.6 Å². The van der Waals surface area contributed by atoms with Crippen LogP contribution in [0.25, 0.3) is 0 Å². The number of hydrogen-bond donors (Lipinski definition) is 0. The molecule has 0 radical (unpaired) electrons. The zero-order chi connectivity index (χ0) is 16.4. The van der Waals surface area contributed by atoms with Crippen molar-refractivity contribution in [3.63, 3.8) is 0 Å². The summed E-state index contributed by atoms with van der Waals surface area (Å²) in [5.41, 5.74) is 0.896. The van der Waals surface area contributed by atoms with Crippen LogP contribution in [0, 0.1) is 17.5 Å². The Morgan fingerprint density at radius 2 is 1.43 bits per heavy atom. The first-order valence-electron chi connectivity index (χ1n) is 7.30. The Morgan fingerprint density at radius 3 is 2.00 bits per heavy atom. The Labute approximate surface area is 131 Å². The molecule has 23 heavy (non-hydrogen) atoms. The molecule has 0 spiro atoms. The van der Waals surface area contributed by atoms with Gasteiger partial charge in [-0.2, -0.15) is 0 Å². The van der Waals surface area contributed by atoms with E-state index in [1.54, 1.807) is 34.1 Å². The normalized spacial score (nSPS) is 14.9. The largest absolute Gasteiger partial charge is 0.368 e. The summed E-state index contributed by atoms with van der Waals surface area (Å²) in [4.78, 5) is 15.8. The van der Waals surface area contributed by atoms with Gasteiger partial charge >= 0.3 is 0 Å². The quantitative estimate of drug-likeness (QED) is 0.794. The van der Waals surface area contributed by atoms with Crippen molar-refractivity contribution in [2.24, 2.45) is 0 Å². The van der Waals surface area contributed by atoms with E-state index in [0.717, 1.165) is 12.1 Å². The van der Waals surface area contributed by atoms with Gasteiger partial charge in [0.2, 0.25) is 0 Å². The molecule has 0 N–H and O–H groups in total. The lowest BCUT2D eigenvalue weighted by Crippen LogP contribution is -2.48. The van der Waals surface area contributed by atoms with Crippen LogP contribution in [0.15, 0.2) is 42.5 Å². The number of carbonyl (C=O) groups excluding carboxylic acids is 1. The molecule has 1 aliphatic heterocycles. The molecule has 2 aromatic carbocycles. The van der Waals surface area contributed by atoms with Crippen LogP contribution in [-0.4, -0.2) is 37.0 Å². The van der Waals surface area contributed by atoms with E-state index >= 15 is 0 Å². The predicted octanol–water partition coefficient (Wildman–Crippen LogP) is 3.07. The molecule has 0 bridgehead atoms. The SMILES string of the molecule is O=C(c1ccccc1)N1CCN(c2cc(F)c(F)c(F)c2)CC1. The van der Waals surface area contributed by atoms with Crippen molar-refractivity contribution in [1.29, 1.82) is 0 Å². The van der Waals surface area contributed by atoms with Crippen LogP contribution in [0.5, 0.6) is 0 Å². The Bertz CT molecular complexity index is 690. The maximum Gasteiger partial charge on any atom is 0.253 e. The van der Waals surface area contributed by atoms with Crippen LogP contribution in [0.2, 0.25) is 0 Å². The molecule has 0 unspecified atom stereocenters. The van der Waals surface area contributed by atoms with Gasteiger partial charge in [0, 0.05) is 49.6 Å². The first kappa shape index (κ1) is 15.4. The van der Waals surface area contributed by atoms with Gasteiger partial charge in [-0.25, -0.2) is 13.2 Å². The number of rotatable bonds is 2. The van der Waals surface area contributed by atoms with Crippen molar-refractivity contribution in [3.8, 4) is 0 Å². The fourth-order valence-electron chi connectivity index (χ4n) is 2.66.